The summed E-state index contributed by atoms with van der Waals surface area (Å²) in [6.07, 6.45) is 0. The van der Waals surface area contributed by atoms with Crippen molar-refractivity contribution in [2.45, 2.75) is 89.6 Å². The minimum absolute atomic E-state index is 0.0559. The second kappa shape index (κ2) is 9.36. The van der Waals surface area contributed by atoms with Crippen molar-refractivity contribution in [2.75, 3.05) is 0 Å². The summed E-state index contributed by atoms with van der Waals surface area (Å²) in [5.41, 5.74) is 6.78. The summed E-state index contributed by atoms with van der Waals surface area (Å²) in [4.78, 5) is 10.2. The molecule has 36 heavy (non-hydrogen) atoms. The molecule has 0 N–H and O–H groups in total. The summed E-state index contributed by atoms with van der Waals surface area (Å²) < 4.78 is -0.112. The van der Waals surface area contributed by atoms with Crippen molar-refractivity contribution >= 4 is 43.4 Å². The van der Waals surface area contributed by atoms with Crippen molar-refractivity contribution in [1.82, 2.24) is 9.97 Å². The Morgan fingerprint density at radius 2 is 0.861 bits per heavy atom. The molecule has 190 valence electrons. The number of nitrogens with zero attached hydrogens (tertiary/aromatic N) is 2. The molecule has 0 radical (unpaired) electrons. The number of pyridine rings is 2. The molecule has 2 aromatic carbocycles. The number of fused-ring (bicyclic) bond motifs is 2. The standard InChI is InChI=1S/C32H40N2S2/c1-21-19-27(33-25-17-13-11-15-23(21)25)29(3,4)31(7,8)35-36-32(9,10)30(5,6)28-20-22(2)24-16-12-14-18-26(24)34-28/h11-20H,1-10H3. The van der Waals surface area contributed by atoms with Gasteiger partial charge < -0.3 is 0 Å². The van der Waals surface area contributed by atoms with Crippen LogP contribution in [0.5, 0.6) is 0 Å². The molecule has 0 atom stereocenters. The van der Waals surface area contributed by atoms with Gasteiger partial charge in [0.2, 0.25) is 0 Å². The van der Waals surface area contributed by atoms with Crippen LogP contribution in [0.2, 0.25) is 0 Å². The van der Waals surface area contributed by atoms with Crippen molar-refractivity contribution in [3.63, 3.8) is 0 Å². The number of aromatic nitrogens is 2. The predicted octanol–water partition coefficient (Wildman–Crippen LogP) is 9.59. The summed E-state index contributed by atoms with van der Waals surface area (Å²) in [5, 5.41) is 2.47. The van der Waals surface area contributed by atoms with Gasteiger partial charge in [-0.3, -0.25) is 9.97 Å². The molecule has 0 unspecified atom stereocenters. The molecule has 2 aromatic heterocycles. The molecule has 2 nitrogen and oxygen atoms in total. The average Bonchev–Trinajstić information content (AvgIpc) is 2.82. The normalized spacial score (nSPS) is 13.5. The average molecular weight is 517 g/mol. The van der Waals surface area contributed by atoms with Crippen molar-refractivity contribution in [1.29, 1.82) is 0 Å². The Balaban J connectivity index is 1.61. The SMILES string of the molecule is Cc1cc(C(C)(C)C(C)(C)SSC(C)(C)C(C)(C)c2cc(C)c3ccccc3n2)nc2ccccc12. The van der Waals surface area contributed by atoms with Gasteiger partial charge in [0.05, 0.1) is 11.0 Å². The highest BCUT2D eigenvalue weighted by Gasteiger charge is 2.46. The zero-order valence-electron chi connectivity index (χ0n) is 23.5. The van der Waals surface area contributed by atoms with Gasteiger partial charge in [-0.1, -0.05) is 85.7 Å². The van der Waals surface area contributed by atoms with Crippen LogP contribution in [0.25, 0.3) is 21.8 Å². The van der Waals surface area contributed by atoms with Gasteiger partial charge in [-0.25, -0.2) is 0 Å². The quantitative estimate of drug-likeness (QED) is 0.228. The Morgan fingerprint density at radius 1 is 0.528 bits per heavy atom. The molecule has 2 heterocycles. The van der Waals surface area contributed by atoms with E-state index < -0.39 is 0 Å². The smallest absolute Gasteiger partial charge is 0.0708 e. The lowest BCUT2D eigenvalue weighted by Crippen LogP contribution is -2.43. The molecule has 0 fully saturated rings. The van der Waals surface area contributed by atoms with Crippen LogP contribution in [0.3, 0.4) is 0 Å². The molecule has 0 aliphatic rings. The maximum atomic E-state index is 5.12. The Labute approximate surface area is 225 Å². The van der Waals surface area contributed by atoms with Crippen molar-refractivity contribution in [2.24, 2.45) is 0 Å². The molecule has 0 aliphatic carbocycles. The second-order valence-corrected chi connectivity index (χ2v) is 15.5. The lowest BCUT2D eigenvalue weighted by Gasteiger charge is -2.45. The summed E-state index contributed by atoms with van der Waals surface area (Å²) in [7, 11) is 3.95. The summed E-state index contributed by atoms with van der Waals surface area (Å²) >= 11 is 0. The van der Waals surface area contributed by atoms with Crippen LogP contribution in [-0.4, -0.2) is 19.5 Å². The van der Waals surface area contributed by atoms with E-state index in [1.807, 2.05) is 21.6 Å². The topological polar surface area (TPSA) is 25.8 Å². The third-order valence-electron chi connectivity index (χ3n) is 8.60. The Kier molecular flexibility index (Phi) is 7.03. The Bertz CT molecular complexity index is 1310. The van der Waals surface area contributed by atoms with E-state index in [-0.39, 0.29) is 20.3 Å². The highest BCUT2D eigenvalue weighted by atomic mass is 33.1. The Hall–Kier alpha value is -2.04. The van der Waals surface area contributed by atoms with Gasteiger partial charge in [0.25, 0.3) is 0 Å². The van der Waals surface area contributed by atoms with Crippen molar-refractivity contribution in [3.8, 4) is 0 Å². The van der Waals surface area contributed by atoms with Crippen LogP contribution < -0.4 is 0 Å². The number of para-hydroxylation sites is 2. The lowest BCUT2D eigenvalue weighted by molar-refractivity contribution is 0.399. The monoisotopic (exact) mass is 516 g/mol. The molecule has 4 heteroatoms. The zero-order chi connectivity index (χ0) is 26.5. The fourth-order valence-corrected chi connectivity index (χ4v) is 7.92. The summed E-state index contributed by atoms with van der Waals surface area (Å²) in [6, 6.07) is 21.5. The molecular formula is C32H40N2S2. The molecule has 4 rings (SSSR count). The van der Waals surface area contributed by atoms with Gasteiger partial charge in [-0.2, -0.15) is 0 Å². The number of hydrogen-bond acceptors (Lipinski definition) is 4. The number of benzene rings is 2. The molecule has 4 aromatic rings. The third kappa shape index (κ3) is 4.67. The highest BCUT2D eigenvalue weighted by Crippen LogP contribution is 2.56. The first-order chi connectivity index (χ1) is 16.7. The maximum absolute atomic E-state index is 5.12. The van der Waals surface area contributed by atoms with E-state index in [4.69, 9.17) is 9.97 Å². The van der Waals surface area contributed by atoms with E-state index in [9.17, 15) is 0 Å². The van der Waals surface area contributed by atoms with Crippen LogP contribution in [-0.2, 0) is 10.8 Å². The molecule has 0 saturated heterocycles. The summed E-state index contributed by atoms with van der Waals surface area (Å²) in [6.45, 7) is 23.2. The van der Waals surface area contributed by atoms with E-state index >= 15 is 0 Å². The van der Waals surface area contributed by atoms with Gasteiger partial charge in [0.1, 0.15) is 0 Å². The van der Waals surface area contributed by atoms with Crippen molar-refractivity contribution < 1.29 is 0 Å². The zero-order valence-corrected chi connectivity index (χ0v) is 25.1. The molecule has 0 bridgehead atoms. The maximum Gasteiger partial charge on any atom is 0.0708 e. The first-order valence-electron chi connectivity index (χ1n) is 12.8. The van der Waals surface area contributed by atoms with Crippen LogP contribution in [0.4, 0.5) is 0 Å². The van der Waals surface area contributed by atoms with E-state index in [1.165, 1.54) is 21.9 Å². The summed E-state index contributed by atoms with van der Waals surface area (Å²) in [5.74, 6) is 0. The first-order valence-corrected chi connectivity index (χ1v) is 14.9. The second-order valence-electron chi connectivity index (χ2n) is 12.1. The van der Waals surface area contributed by atoms with E-state index in [1.54, 1.807) is 0 Å². The van der Waals surface area contributed by atoms with Crippen LogP contribution in [0, 0.1) is 13.8 Å². The van der Waals surface area contributed by atoms with E-state index in [2.05, 4.69) is 130 Å². The van der Waals surface area contributed by atoms with E-state index in [0.29, 0.717) is 0 Å². The molecule has 0 aliphatic heterocycles. The fraction of sp³-hybridized carbons (Fsp3) is 0.438. The van der Waals surface area contributed by atoms with Crippen LogP contribution in [0.1, 0.15) is 77.9 Å². The minimum atomic E-state index is -0.128. The number of aryl methyl sites for hydroxylation is 2. The van der Waals surface area contributed by atoms with Crippen molar-refractivity contribution in [3.05, 3.63) is 83.2 Å². The van der Waals surface area contributed by atoms with Gasteiger partial charge in [-0.15, -0.1) is 0 Å². The Morgan fingerprint density at radius 3 is 1.22 bits per heavy atom. The fourth-order valence-electron chi connectivity index (χ4n) is 4.37. The van der Waals surface area contributed by atoms with Gasteiger partial charge in [-0.05, 0) is 76.9 Å². The molecule has 0 spiro atoms. The van der Waals surface area contributed by atoms with Crippen LogP contribution >= 0.6 is 21.6 Å². The van der Waals surface area contributed by atoms with Gasteiger partial charge >= 0.3 is 0 Å². The predicted molar refractivity (Wildman–Crippen MR) is 162 cm³/mol. The lowest BCUT2D eigenvalue weighted by atomic mass is 9.76. The first kappa shape index (κ1) is 27.0. The van der Waals surface area contributed by atoms with Gasteiger partial charge in [0.15, 0.2) is 0 Å². The molecule has 0 amide bonds. The largest absolute Gasteiger partial charge is 0.252 e. The highest BCUT2D eigenvalue weighted by molar-refractivity contribution is 8.77. The minimum Gasteiger partial charge on any atom is -0.252 e. The van der Waals surface area contributed by atoms with Crippen LogP contribution in [0.15, 0.2) is 60.7 Å². The molecular weight excluding hydrogens is 477 g/mol. The third-order valence-corrected chi connectivity index (χ3v) is 13.3. The van der Waals surface area contributed by atoms with E-state index in [0.717, 1.165) is 22.4 Å². The number of rotatable bonds is 7. The van der Waals surface area contributed by atoms with Gasteiger partial charge in [0, 0.05) is 42.5 Å². The number of hydrogen-bond donors (Lipinski definition) is 0. The molecule has 0 saturated carbocycles.